The molecule has 2 nitrogen and oxygen atoms in total. The second kappa shape index (κ2) is 8.47. The van der Waals surface area contributed by atoms with Gasteiger partial charge in [-0.3, -0.25) is 0 Å². The Bertz CT molecular complexity index is 1840. The Morgan fingerprint density at radius 2 is 0.897 bits per heavy atom. The molecule has 0 amide bonds. The average molecular weight is 501 g/mol. The van der Waals surface area contributed by atoms with Crippen LogP contribution in [0, 0.1) is 0 Å². The zero-order chi connectivity index (χ0) is 25.8. The van der Waals surface area contributed by atoms with Gasteiger partial charge in [-0.15, -0.1) is 0 Å². The quantitative estimate of drug-likeness (QED) is 0.235. The van der Waals surface area contributed by atoms with E-state index in [1.54, 1.807) is 0 Å². The molecule has 0 saturated carbocycles. The fourth-order valence-corrected chi connectivity index (χ4v) is 6.40. The first kappa shape index (κ1) is 22.0. The van der Waals surface area contributed by atoms with Crippen molar-refractivity contribution in [2.45, 2.75) is 5.41 Å². The number of para-hydroxylation sites is 2. The standard InChI is InChI=1S/C37H24O2/c1-3-12-25(13-4-1)27-22-23-31-35(24-27)39-33-20-10-8-18-30(33)37(31)29-17-7-9-19-32(29)38-34-21-11-16-28(36(34)37)26-14-5-2-6-15-26/h1-24H. The van der Waals surface area contributed by atoms with Gasteiger partial charge >= 0.3 is 0 Å². The number of hydrogen-bond donors (Lipinski definition) is 0. The molecular formula is C37H24O2. The van der Waals surface area contributed by atoms with Crippen molar-refractivity contribution in [3.05, 3.63) is 168 Å². The van der Waals surface area contributed by atoms with Gasteiger partial charge < -0.3 is 9.47 Å². The molecule has 2 heteroatoms. The van der Waals surface area contributed by atoms with E-state index in [1.165, 1.54) is 0 Å². The molecule has 0 fully saturated rings. The van der Waals surface area contributed by atoms with Gasteiger partial charge in [-0.05, 0) is 46.5 Å². The van der Waals surface area contributed by atoms with Crippen molar-refractivity contribution in [3.8, 4) is 45.3 Å². The minimum Gasteiger partial charge on any atom is -0.457 e. The van der Waals surface area contributed by atoms with E-state index in [2.05, 4.69) is 127 Å². The monoisotopic (exact) mass is 500 g/mol. The molecule has 8 rings (SSSR count). The molecule has 1 atom stereocenters. The highest BCUT2D eigenvalue weighted by Gasteiger charge is 2.51. The Morgan fingerprint density at radius 1 is 0.359 bits per heavy atom. The summed E-state index contributed by atoms with van der Waals surface area (Å²) in [4.78, 5) is 0. The Hall–Kier alpha value is -5.08. The summed E-state index contributed by atoms with van der Waals surface area (Å²) in [6.07, 6.45) is 0. The fraction of sp³-hybridized carbons (Fsp3) is 0.0270. The first-order valence-corrected chi connectivity index (χ1v) is 13.3. The lowest BCUT2D eigenvalue weighted by molar-refractivity contribution is 0.400. The summed E-state index contributed by atoms with van der Waals surface area (Å²) >= 11 is 0. The normalized spacial score (nSPS) is 16.2. The van der Waals surface area contributed by atoms with Gasteiger partial charge in [-0.1, -0.05) is 121 Å². The van der Waals surface area contributed by atoms with E-state index in [1.807, 2.05) is 18.2 Å². The zero-order valence-corrected chi connectivity index (χ0v) is 21.2. The molecule has 2 heterocycles. The van der Waals surface area contributed by atoms with Crippen LogP contribution in [0.2, 0.25) is 0 Å². The van der Waals surface area contributed by atoms with Crippen LogP contribution >= 0.6 is 0 Å². The number of benzene rings is 6. The summed E-state index contributed by atoms with van der Waals surface area (Å²) in [5, 5.41) is 0. The molecule has 0 aliphatic carbocycles. The van der Waals surface area contributed by atoms with E-state index >= 15 is 0 Å². The highest BCUT2D eigenvalue weighted by atomic mass is 16.5. The fourth-order valence-electron chi connectivity index (χ4n) is 6.40. The molecule has 184 valence electrons. The van der Waals surface area contributed by atoms with Crippen molar-refractivity contribution in [1.29, 1.82) is 0 Å². The molecule has 0 bridgehead atoms. The summed E-state index contributed by atoms with van der Waals surface area (Å²) in [5.41, 5.74) is 8.45. The van der Waals surface area contributed by atoms with Crippen LogP contribution in [-0.2, 0) is 5.41 Å². The number of hydrogen-bond acceptors (Lipinski definition) is 2. The van der Waals surface area contributed by atoms with E-state index in [-0.39, 0.29) is 0 Å². The van der Waals surface area contributed by atoms with Gasteiger partial charge in [0.15, 0.2) is 0 Å². The molecule has 6 aromatic carbocycles. The first-order chi connectivity index (χ1) is 19.3. The van der Waals surface area contributed by atoms with E-state index in [4.69, 9.17) is 9.47 Å². The highest BCUT2D eigenvalue weighted by molar-refractivity contribution is 5.84. The van der Waals surface area contributed by atoms with Crippen LogP contribution in [0.5, 0.6) is 23.0 Å². The van der Waals surface area contributed by atoms with Crippen molar-refractivity contribution in [2.24, 2.45) is 0 Å². The topological polar surface area (TPSA) is 18.5 Å². The minimum absolute atomic E-state index is 0.629. The van der Waals surface area contributed by atoms with Crippen molar-refractivity contribution in [2.75, 3.05) is 0 Å². The molecule has 0 radical (unpaired) electrons. The van der Waals surface area contributed by atoms with E-state index in [9.17, 15) is 0 Å². The molecule has 2 aliphatic rings. The first-order valence-electron chi connectivity index (χ1n) is 13.3. The minimum atomic E-state index is -0.629. The second-order valence-electron chi connectivity index (χ2n) is 10.1. The molecule has 2 aliphatic heterocycles. The van der Waals surface area contributed by atoms with E-state index in [0.717, 1.165) is 67.5 Å². The van der Waals surface area contributed by atoms with Crippen LogP contribution in [-0.4, -0.2) is 0 Å². The Morgan fingerprint density at radius 3 is 1.59 bits per heavy atom. The maximum absolute atomic E-state index is 6.70. The van der Waals surface area contributed by atoms with Crippen LogP contribution in [0.3, 0.4) is 0 Å². The van der Waals surface area contributed by atoms with Crippen LogP contribution in [0.1, 0.15) is 22.3 Å². The van der Waals surface area contributed by atoms with Crippen LogP contribution in [0.25, 0.3) is 22.3 Å². The molecule has 6 aromatic rings. The van der Waals surface area contributed by atoms with Crippen LogP contribution in [0.4, 0.5) is 0 Å². The molecule has 0 aromatic heterocycles. The molecule has 39 heavy (non-hydrogen) atoms. The van der Waals surface area contributed by atoms with Gasteiger partial charge in [0.05, 0.1) is 5.41 Å². The van der Waals surface area contributed by atoms with E-state index < -0.39 is 5.41 Å². The maximum Gasteiger partial charge on any atom is 0.132 e. The van der Waals surface area contributed by atoms with Gasteiger partial charge in [0.1, 0.15) is 23.0 Å². The van der Waals surface area contributed by atoms with Gasteiger partial charge in [0.2, 0.25) is 0 Å². The van der Waals surface area contributed by atoms with Crippen molar-refractivity contribution >= 4 is 0 Å². The molecule has 0 N–H and O–H groups in total. The van der Waals surface area contributed by atoms with E-state index in [0.29, 0.717) is 0 Å². The number of ether oxygens (including phenoxy) is 2. The SMILES string of the molecule is c1ccc(-c2ccc3c(c2)Oc2ccccc2C32c3ccccc3Oc3cccc(-c4ccccc4)c32)cc1. The lowest BCUT2D eigenvalue weighted by atomic mass is 9.61. The van der Waals surface area contributed by atoms with Gasteiger partial charge in [0.25, 0.3) is 0 Å². The molecule has 1 unspecified atom stereocenters. The predicted molar refractivity (Wildman–Crippen MR) is 156 cm³/mol. The van der Waals surface area contributed by atoms with Crippen LogP contribution in [0.15, 0.2) is 146 Å². The lowest BCUT2D eigenvalue weighted by Gasteiger charge is -2.45. The second-order valence-corrected chi connectivity index (χ2v) is 10.1. The van der Waals surface area contributed by atoms with Gasteiger partial charge in [0, 0.05) is 22.3 Å². The summed E-state index contributed by atoms with van der Waals surface area (Å²) in [5.74, 6) is 3.45. The lowest BCUT2D eigenvalue weighted by Crippen LogP contribution is -2.37. The Balaban J connectivity index is 1.52. The Kier molecular flexibility index (Phi) is 4.77. The zero-order valence-electron chi connectivity index (χ0n) is 21.2. The number of fused-ring (bicyclic) bond motifs is 8. The summed E-state index contributed by atoms with van der Waals surface area (Å²) in [7, 11) is 0. The summed E-state index contributed by atoms with van der Waals surface area (Å²) in [6, 6.07) is 51.0. The molecule has 0 saturated heterocycles. The molecule has 1 spiro atoms. The third-order valence-corrected chi connectivity index (χ3v) is 8.00. The van der Waals surface area contributed by atoms with Gasteiger partial charge in [-0.25, -0.2) is 0 Å². The Labute approximate surface area is 227 Å². The third-order valence-electron chi connectivity index (χ3n) is 8.00. The number of rotatable bonds is 2. The van der Waals surface area contributed by atoms with Crippen LogP contribution < -0.4 is 9.47 Å². The largest absolute Gasteiger partial charge is 0.457 e. The smallest absolute Gasteiger partial charge is 0.132 e. The predicted octanol–water partition coefficient (Wildman–Crippen LogP) is 9.61. The molecular weight excluding hydrogens is 476 g/mol. The van der Waals surface area contributed by atoms with Crippen molar-refractivity contribution in [1.82, 2.24) is 0 Å². The van der Waals surface area contributed by atoms with Crippen molar-refractivity contribution < 1.29 is 9.47 Å². The maximum atomic E-state index is 6.70. The third kappa shape index (κ3) is 3.15. The summed E-state index contributed by atoms with van der Waals surface area (Å²) < 4.78 is 13.4. The van der Waals surface area contributed by atoms with Crippen molar-refractivity contribution in [3.63, 3.8) is 0 Å². The highest BCUT2D eigenvalue weighted by Crippen LogP contribution is 2.63. The van der Waals surface area contributed by atoms with Gasteiger partial charge in [-0.2, -0.15) is 0 Å². The average Bonchev–Trinajstić information content (AvgIpc) is 3.01. The summed E-state index contributed by atoms with van der Waals surface area (Å²) in [6.45, 7) is 0.